The van der Waals surface area contributed by atoms with Crippen LogP contribution in [-0.2, 0) is 0 Å². The quantitative estimate of drug-likeness (QED) is 0.429. The summed E-state index contributed by atoms with van der Waals surface area (Å²) in [7, 11) is 0. The number of halogens is 3. The summed E-state index contributed by atoms with van der Waals surface area (Å²) in [5, 5.41) is 2.56. The predicted octanol–water partition coefficient (Wildman–Crippen LogP) is 4.94. The van der Waals surface area contributed by atoms with Crippen molar-refractivity contribution in [2.45, 2.75) is 12.8 Å². The van der Waals surface area contributed by atoms with Gasteiger partial charge in [0.15, 0.2) is 17.4 Å². The normalized spacial score (nSPS) is 13.5. The Morgan fingerprint density at radius 2 is 1.87 bits per heavy atom. The van der Waals surface area contributed by atoms with Gasteiger partial charge in [-0.2, -0.15) is 0 Å². The third-order valence-corrected chi connectivity index (χ3v) is 5.51. The molecule has 0 spiro atoms. The van der Waals surface area contributed by atoms with Crippen molar-refractivity contribution in [3.8, 4) is 0 Å². The highest BCUT2D eigenvalue weighted by Gasteiger charge is 2.23. The SMILES string of the molecule is O=C(Nc1cccnc1N1CCCC1)c1cc(C(=O)c2c(Cl)ccc(Cl)c2F)c[nH]1. The van der Waals surface area contributed by atoms with Crippen LogP contribution in [0.3, 0.4) is 0 Å². The number of pyridine rings is 1. The summed E-state index contributed by atoms with van der Waals surface area (Å²) in [5.41, 5.74) is 0.483. The number of nitrogens with zero attached hydrogens (tertiary/aromatic N) is 2. The van der Waals surface area contributed by atoms with E-state index in [9.17, 15) is 14.0 Å². The highest BCUT2D eigenvalue weighted by Crippen LogP contribution is 2.29. The first-order chi connectivity index (χ1) is 14.5. The van der Waals surface area contributed by atoms with E-state index in [0.717, 1.165) is 25.9 Å². The van der Waals surface area contributed by atoms with E-state index in [-0.39, 0.29) is 26.9 Å². The molecule has 30 heavy (non-hydrogen) atoms. The summed E-state index contributed by atoms with van der Waals surface area (Å²) in [6, 6.07) is 7.48. The fraction of sp³-hybridized carbons (Fsp3) is 0.190. The lowest BCUT2D eigenvalue weighted by Gasteiger charge is -2.19. The van der Waals surface area contributed by atoms with Crippen molar-refractivity contribution in [3.63, 3.8) is 0 Å². The number of carbonyl (C=O) groups excluding carboxylic acids is 2. The van der Waals surface area contributed by atoms with Crippen molar-refractivity contribution in [3.05, 3.63) is 75.4 Å². The van der Waals surface area contributed by atoms with Crippen LogP contribution in [0.2, 0.25) is 10.0 Å². The Bertz CT molecular complexity index is 1130. The van der Waals surface area contributed by atoms with Gasteiger partial charge in [0.05, 0.1) is 21.3 Å². The zero-order chi connectivity index (χ0) is 21.3. The van der Waals surface area contributed by atoms with Gasteiger partial charge in [-0.25, -0.2) is 9.37 Å². The fourth-order valence-corrected chi connectivity index (χ4v) is 3.79. The molecule has 0 aliphatic carbocycles. The second kappa shape index (κ2) is 8.45. The molecule has 3 heterocycles. The number of aromatic nitrogens is 2. The molecule has 1 fully saturated rings. The van der Waals surface area contributed by atoms with Gasteiger partial charge in [-0.3, -0.25) is 9.59 Å². The molecule has 154 valence electrons. The first-order valence-corrected chi connectivity index (χ1v) is 10.1. The lowest BCUT2D eigenvalue weighted by atomic mass is 10.0. The Balaban J connectivity index is 1.56. The van der Waals surface area contributed by atoms with Crippen molar-refractivity contribution in [2.24, 2.45) is 0 Å². The standard InChI is InChI=1S/C21H17Cl2FN4O2/c22-13-5-6-14(23)18(24)17(13)19(29)12-10-16(26-11-12)21(30)27-15-4-3-7-25-20(15)28-8-1-2-9-28/h3-7,10-11,26H,1-2,8-9H2,(H,27,30). The highest BCUT2D eigenvalue weighted by molar-refractivity contribution is 6.37. The average Bonchev–Trinajstić information content (AvgIpc) is 3.43. The molecule has 1 saturated heterocycles. The maximum absolute atomic E-state index is 14.3. The molecule has 2 N–H and O–H groups in total. The molecule has 1 amide bonds. The first-order valence-electron chi connectivity index (χ1n) is 9.33. The molecule has 2 aromatic heterocycles. The van der Waals surface area contributed by atoms with E-state index in [1.807, 2.05) is 0 Å². The molecule has 6 nitrogen and oxygen atoms in total. The number of H-pyrrole nitrogens is 1. The number of nitrogens with one attached hydrogen (secondary N) is 2. The number of anilines is 2. The third kappa shape index (κ3) is 3.91. The Hall–Kier alpha value is -2.90. The van der Waals surface area contributed by atoms with Gasteiger partial charge < -0.3 is 15.2 Å². The number of rotatable bonds is 5. The first kappa shape index (κ1) is 20.4. The molecule has 1 aliphatic heterocycles. The lowest BCUT2D eigenvalue weighted by molar-refractivity contribution is 0.102. The molecule has 0 bridgehead atoms. The van der Waals surface area contributed by atoms with Crippen molar-refractivity contribution < 1.29 is 14.0 Å². The van der Waals surface area contributed by atoms with E-state index in [2.05, 4.69) is 20.2 Å². The van der Waals surface area contributed by atoms with E-state index < -0.39 is 17.5 Å². The monoisotopic (exact) mass is 446 g/mol. The minimum atomic E-state index is -0.896. The van der Waals surface area contributed by atoms with Gasteiger partial charge in [0.25, 0.3) is 5.91 Å². The van der Waals surface area contributed by atoms with Crippen LogP contribution < -0.4 is 10.2 Å². The zero-order valence-corrected chi connectivity index (χ0v) is 17.2. The van der Waals surface area contributed by atoms with Crippen molar-refractivity contribution in [1.29, 1.82) is 0 Å². The van der Waals surface area contributed by atoms with Crippen LogP contribution in [0.25, 0.3) is 0 Å². The molecule has 1 aliphatic rings. The molecule has 4 rings (SSSR count). The van der Waals surface area contributed by atoms with E-state index >= 15 is 0 Å². The summed E-state index contributed by atoms with van der Waals surface area (Å²) >= 11 is 11.7. The third-order valence-electron chi connectivity index (χ3n) is 4.90. The van der Waals surface area contributed by atoms with Crippen LogP contribution in [0.15, 0.2) is 42.7 Å². The molecular weight excluding hydrogens is 430 g/mol. The minimum Gasteiger partial charge on any atom is -0.356 e. The number of hydrogen-bond donors (Lipinski definition) is 2. The average molecular weight is 447 g/mol. The number of amides is 1. The summed E-state index contributed by atoms with van der Waals surface area (Å²) in [6.45, 7) is 1.76. The van der Waals surface area contributed by atoms with Crippen LogP contribution in [0.4, 0.5) is 15.9 Å². The van der Waals surface area contributed by atoms with Gasteiger partial charge in [-0.15, -0.1) is 0 Å². The molecule has 0 unspecified atom stereocenters. The van der Waals surface area contributed by atoms with E-state index in [1.54, 1.807) is 18.3 Å². The molecule has 0 radical (unpaired) electrons. The number of benzene rings is 1. The predicted molar refractivity (Wildman–Crippen MR) is 114 cm³/mol. The van der Waals surface area contributed by atoms with Crippen LogP contribution in [0.5, 0.6) is 0 Å². The van der Waals surface area contributed by atoms with Crippen LogP contribution in [0.1, 0.15) is 39.3 Å². The molecule has 0 saturated carbocycles. The zero-order valence-electron chi connectivity index (χ0n) is 15.7. The summed E-state index contributed by atoms with van der Waals surface area (Å²) in [6.07, 6.45) is 5.17. The smallest absolute Gasteiger partial charge is 0.272 e. The number of aromatic amines is 1. The van der Waals surface area contributed by atoms with E-state index in [4.69, 9.17) is 23.2 Å². The van der Waals surface area contributed by atoms with Crippen LogP contribution in [0, 0.1) is 5.82 Å². The molecule has 0 atom stereocenters. The van der Waals surface area contributed by atoms with Crippen LogP contribution in [-0.4, -0.2) is 34.7 Å². The maximum atomic E-state index is 14.3. The Labute approximate surface area is 182 Å². The summed E-state index contributed by atoms with van der Waals surface area (Å²) in [4.78, 5) is 34.7. The Morgan fingerprint density at radius 1 is 1.13 bits per heavy atom. The maximum Gasteiger partial charge on any atom is 0.272 e. The Morgan fingerprint density at radius 3 is 2.63 bits per heavy atom. The van der Waals surface area contributed by atoms with Crippen molar-refractivity contribution in [2.75, 3.05) is 23.3 Å². The minimum absolute atomic E-state index is 0.0558. The number of ketones is 1. The topological polar surface area (TPSA) is 78.1 Å². The highest BCUT2D eigenvalue weighted by atomic mass is 35.5. The van der Waals surface area contributed by atoms with Gasteiger partial charge in [0.2, 0.25) is 0 Å². The fourth-order valence-electron chi connectivity index (χ4n) is 3.40. The lowest BCUT2D eigenvalue weighted by Crippen LogP contribution is -2.22. The van der Waals surface area contributed by atoms with Crippen molar-refractivity contribution in [1.82, 2.24) is 9.97 Å². The largest absolute Gasteiger partial charge is 0.356 e. The molecular formula is C21H17Cl2FN4O2. The Kier molecular flexibility index (Phi) is 5.74. The van der Waals surface area contributed by atoms with Gasteiger partial charge >= 0.3 is 0 Å². The van der Waals surface area contributed by atoms with Gasteiger partial charge in [0.1, 0.15) is 5.69 Å². The van der Waals surface area contributed by atoms with E-state index in [0.29, 0.717) is 11.5 Å². The van der Waals surface area contributed by atoms with Gasteiger partial charge in [-0.05, 0) is 43.2 Å². The van der Waals surface area contributed by atoms with Crippen molar-refractivity contribution >= 4 is 46.4 Å². The molecule has 3 aromatic rings. The molecule has 1 aromatic carbocycles. The van der Waals surface area contributed by atoms with E-state index in [1.165, 1.54) is 24.4 Å². The summed E-state index contributed by atoms with van der Waals surface area (Å²) < 4.78 is 14.3. The second-order valence-corrected chi connectivity index (χ2v) is 7.69. The van der Waals surface area contributed by atoms with Crippen LogP contribution >= 0.6 is 23.2 Å². The molecule has 9 heteroatoms. The number of hydrogen-bond acceptors (Lipinski definition) is 4. The second-order valence-electron chi connectivity index (χ2n) is 6.87. The summed E-state index contributed by atoms with van der Waals surface area (Å²) in [5.74, 6) is -1.31. The van der Waals surface area contributed by atoms with Gasteiger partial charge in [-0.1, -0.05) is 23.2 Å². The number of carbonyl (C=O) groups is 2. The van der Waals surface area contributed by atoms with Gasteiger partial charge in [0, 0.05) is 31.0 Å².